The van der Waals surface area contributed by atoms with Gasteiger partial charge in [-0.25, -0.2) is 0 Å². The van der Waals surface area contributed by atoms with Gasteiger partial charge in [0.15, 0.2) is 5.78 Å². The fraction of sp³-hybridized carbons (Fsp3) is 0.375. The number of carbonyl (C=O) groups is 2. The summed E-state index contributed by atoms with van der Waals surface area (Å²) in [5.41, 5.74) is 0.653. The Morgan fingerprint density at radius 3 is 2.57 bits per heavy atom. The first-order valence-electron chi connectivity index (χ1n) is 7.44. The summed E-state index contributed by atoms with van der Waals surface area (Å²) in [5, 5.41) is 12.0. The highest BCUT2D eigenvalue weighted by atomic mass is 32.1. The van der Waals surface area contributed by atoms with E-state index in [2.05, 4.69) is 15.5 Å². The zero-order valence-electron chi connectivity index (χ0n) is 13.2. The highest BCUT2D eigenvalue weighted by molar-refractivity contribution is 7.15. The molecule has 1 aromatic carbocycles. The Bertz CT molecular complexity index is 667. The molecular weight excluding hydrogens is 314 g/mol. The molecule has 0 fully saturated rings. The Hall–Kier alpha value is -2.28. The number of ketones is 1. The van der Waals surface area contributed by atoms with E-state index in [0.29, 0.717) is 35.9 Å². The lowest BCUT2D eigenvalue weighted by molar-refractivity contribution is -0.116. The highest BCUT2D eigenvalue weighted by Gasteiger charge is 2.07. The van der Waals surface area contributed by atoms with Crippen molar-refractivity contribution in [2.45, 2.75) is 33.1 Å². The van der Waals surface area contributed by atoms with Crippen LogP contribution >= 0.6 is 11.3 Å². The number of Topliss-reactive ketones (excluding diaryl/α,β-unsaturated/α-hetero) is 1. The van der Waals surface area contributed by atoms with Gasteiger partial charge in [0.05, 0.1) is 6.61 Å². The maximum Gasteiger partial charge on any atom is 0.226 e. The van der Waals surface area contributed by atoms with E-state index in [1.54, 1.807) is 24.3 Å². The monoisotopic (exact) mass is 333 g/mol. The van der Waals surface area contributed by atoms with E-state index < -0.39 is 0 Å². The second-order valence-electron chi connectivity index (χ2n) is 4.94. The van der Waals surface area contributed by atoms with Crippen molar-refractivity contribution in [1.29, 1.82) is 0 Å². The van der Waals surface area contributed by atoms with Gasteiger partial charge >= 0.3 is 0 Å². The molecule has 0 saturated carbocycles. The molecule has 23 heavy (non-hydrogen) atoms. The molecule has 2 rings (SSSR count). The minimum absolute atomic E-state index is 0.0242. The molecule has 122 valence electrons. The lowest BCUT2D eigenvalue weighted by Gasteiger charge is -2.06. The third-order valence-corrected chi connectivity index (χ3v) is 4.08. The second kappa shape index (κ2) is 8.38. The average Bonchev–Trinajstić information content (AvgIpc) is 2.99. The number of hydrogen-bond donors (Lipinski definition) is 1. The van der Waals surface area contributed by atoms with E-state index in [1.165, 1.54) is 18.3 Å². The molecule has 0 aliphatic rings. The number of amides is 1. The number of aryl methyl sites for hydroxylation is 1. The van der Waals surface area contributed by atoms with Crippen LogP contribution in [0.5, 0.6) is 5.75 Å². The Morgan fingerprint density at radius 1 is 1.22 bits per heavy atom. The van der Waals surface area contributed by atoms with Gasteiger partial charge in [0.25, 0.3) is 0 Å². The topological polar surface area (TPSA) is 81.2 Å². The normalized spacial score (nSPS) is 10.3. The van der Waals surface area contributed by atoms with Crippen LogP contribution in [0.3, 0.4) is 0 Å². The molecule has 0 unspecified atom stereocenters. The van der Waals surface area contributed by atoms with Gasteiger partial charge in [-0.15, -0.1) is 10.2 Å². The van der Waals surface area contributed by atoms with Crippen molar-refractivity contribution in [1.82, 2.24) is 10.2 Å². The number of nitrogens with zero attached hydrogens (tertiary/aromatic N) is 2. The fourth-order valence-electron chi connectivity index (χ4n) is 1.84. The molecule has 0 saturated heterocycles. The van der Waals surface area contributed by atoms with Crippen LogP contribution in [0.15, 0.2) is 24.3 Å². The number of carbonyl (C=O) groups excluding carboxylic acids is 2. The fourth-order valence-corrected chi connectivity index (χ4v) is 2.53. The van der Waals surface area contributed by atoms with Crippen molar-refractivity contribution in [2.75, 3.05) is 11.9 Å². The summed E-state index contributed by atoms with van der Waals surface area (Å²) in [6.45, 7) is 3.95. The van der Waals surface area contributed by atoms with Gasteiger partial charge in [-0.1, -0.05) is 18.3 Å². The molecule has 0 atom stereocenters. The van der Waals surface area contributed by atoms with Gasteiger partial charge in [-0.3, -0.25) is 9.59 Å². The SMILES string of the molecule is CCc1nnc(NC(=O)CCCOc2ccc(C(C)=O)cc2)s1. The van der Waals surface area contributed by atoms with Crippen molar-refractivity contribution >= 4 is 28.2 Å². The van der Waals surface area contributed by atoms with E-state index in [4.69, 9.17) is 4.74 Å². The highest BCUT2D eigenvalue weighted by Crippen LogP contribution is 2.16. The van der Waals surface area contributed by atoms with Crippen LogP contribution < -0.4 is 10.1 Å². The van der Waals surface area contributed by atoms with Crippen LogP contribution in [0.4, 0.5) is 5.13 Å². The van der Waals surface area contributed by atoms with Crippen LogP contribution in [-0.4, -0.2) is 28.5 Å². The minimum Gasteiger partial charge on any atom is -0.494 e. The summed E-state index contributed by atoms with van der Waals surface area (Å²) in [5.74, 6) is 0.613. The van der Waals surface area contributed by atoms with Gasteiger partial charge in [-0.05, 0) is 44.0 Å². The van der Waals surface area contributed by atoms with Crippen LogP contribution in [0.2, 0.25) is 0 Å². The number of nitrogens with one attached hydrogen (secondary N) is 1. The zero-order valence-corrected chi connectivity index (χ0v) is 14.0. The van der Waals surface area contributed by atoms with E-state index in [1.807, 2.05) is 6.92 Å². The number of benzene rings is 1. The number of hydrogen-bond acceptors (Lipinski definition) is 6. The number of aromatic nitrogens is 2. The average molecular weight is 333 g/mol. The van der Waals surface area contributed by atoms with Crippen molar-refractivity contribution in [3.05, 3.63) is 34.8 Å². The molecule has 1 N–H and O–H groups in total. The van der Waals surface area contributed by atoms with E-state index >= 15 is 0 Å². The lowest BCUT2D eigenvalue weighted by Crippen LogP contribution is -2.12. The predicted octanol–water partition coefficient (Wildman–Crippen LogP) is 3.10. The van der Waals surface area contributed by atoms with Gasteiger partial charge in [-0.2, -0.15) is 0 Å². The standard InChI is InChI=1S/C16H19N3O3S/c1-3-15-18-19-16(23-15)17-14(21)5-4-10-22-13-8-6-12(7-9-13)11(2)20/h6-9H,3-5,10H2,1-2H3,(H,17,19,21). The molecule has 7 heteroatoms. The van der Waals surface area contributed by atoms with E-state index in [0.717, 1.165) is 11.4 Å². The van der Waals surface area contributed by atoms with Crippen molar-refractivity contribution in [3.8, 4) is 5.75 Å². The summed E-state index contributed by atoms with van der Waals surface area (Å²) in [4.78, 5) is 22.9. The first-order valence-corrected chi connectivity index (χ1v) is 8.26. The van der Waals surface area contributed by atoms with Crippen molar-refractivity contribution in [2.24, 2.45) is 0 Å². The van der Waals surface area contributed by atoms with Crippen LogP contribution in [0.25, 0.3) is 0 Å². The van der Waals surface area contributed by atoms with Crippen LogP contribution in [-0.2, 0) is 11.2 Å². The summed E-state index contributed by atoms with van der Waals surface area (Å²) in [7, 11) is 0. The largest absolute Gasteiger partial charge is 0.494 e. The molecule has 0 bridgehead atoms. The van der Waals surface area contributed by atoms with Gasteiger partial charge in [0, 0.05) is 12.0 Å². The number of ether oxygens (including phenoxy) is 1. The van der Waals surface area contributed by atoms with Gasteiger partial charge < -0.3 is 10.1 Å². The third-order valence-electron chi connectivity index (χ3n) is 3.09. The van der Waals surface area contributed by atoms with Gasteiger partial charge in [0.2, 0.25) is 11.0 Å². The Morgan fingerprint density at radius 2 is 1.96 bits per heavy atom. The molecule has 0 aliphatic carbocycles. The summed E-state index contributed by atoms with van der Waals surface area (Å²) >= 11 is 1.39. The zero-order chi connectivity index (χ0) is 16.7. The molecular formula is C16H19N3O3S. The lowest BCUT2D eigenvalue weighted by atomic mass is 10.1. The van der Waals surface area contributed by atoms with E-state index in [9.17, 15) is 9.59 Å². The van der Waals surface area contributed by atoms with Crippen LogP contribution in [0.1, 0.15) is 42.1 Å². The number of anilines is 1. The molecule has 1 amide bonds. The Balaban J connectivity index is 1.68. The van der Waals surface area contributed by atoms with Crippen LogP contribution in [0, 0.1) is 0 Å². The quantitative estimate of drug-likeness (QED) is 0.593. The predicted molar refractivity (Wildman–Crippen MR) is 89.1 cm³/mol. The smallest absolute Gasteiger partial charge is 0.226 e. The van der Waals surface area contributed by atoms with Crippen molar-refractivity contribution < 1.29 is 14.3 Å². The first kappa shape index (κ1) is 17.1. The first-order chi connectivity index (χ1) is 11.1. The van der Waals surface area contributed by atoms with Crippen molar-refractivity contribution in [3.63, 3.8) is 0 Å². The van der Waals surface area contributed by atoms with Gasteiger partial charge in [0.1, 0.15) is 10.8 Å². The summed E-state index contributed by atoms with van der Waals surface area (Å²) < 4.78 is 5.55. The molecule has 0 spiro atoms. The minimum atomic E-state index is -0.0978. The van der Waals surface area contributed by atoms with E-state index in [-0.39, 0.29) is 11.7 Å². The molecule has 0 aliphatic heterocycles. The Labute approximate surface area is 138 Å². The maximum absolute atomic E-state index is 11.8. The summed E-state index contributed by atoms with van der Waals surface area (Å²) in [6.07, 6.45) is 1.76. The third kappa shape index (κ3) is 5.45. The molecule has 1 aromatic heterocycles. The maximum atomic E-state index is 11.8. The molecule has 1 heterocycles. The second-order valence-corrected chi connectivity index (χ2v) is 6.00. The molecule has 6 nitrogen and oxygen atoms in total. The Kier molecular flexibility index (Phi) is 6.22. The summed E-state index contributed by atoms with van der Waals surface area (Å²) in [6, 6.07) is 6.96. The number of rotatable bonds is 8. The molecule has 0 radical (unpaired) electrons. The molecule has 2 aromatic rings.